The summed E-state index contributed by atoms with van der Waals surface area (Å²) >= 11 is 0. The molecule has 2 aliphatic rings. The van der Waals surface area contributed by atoms with Crippen LogP contribution in [0.2, 0.25) is 0 Å². The monoisotopic (exact) mass is 496 g/mol. The molecular weight excluding hydrogens is 456 g/mol. The van der Waals surface area contributed by atoms with E-state index in [9.17, 15) is 20.1 Å². The van der Waals surface area contributed by atoms with Gasteiger partial charge < -0.3 is 24.8 Å². The maximum atomic E-state index is 13.2. The van der Waals surface area contributed by atoms with E-state index in [-0.39, 0.29) is 46.4 Å². The number of aromatic hydroxyl groups is 3. The molecule has 6 heteroatoms. The molecule has 2 aliphatic heterocycles. The fraction of sp³-hybridized carbons (Fsp3) is 0.567. The zero-order valence-electron chi connectivity index (χ0n) is 22.2. The predicted molar refractivity (Wildman–Crippen MR) is 139 cm³/mol. The smallest absolute Gasteiger partial charge is 0.174 e. The van der Waals surface area contributed by atoms with Crippen LogP contribution in [0.3, 0.4) is 0 Å². The zero-order chi connectivity index (χ0) is 26.2. The number of ketones is 1. The molecule has 0 amide bonds. The molecule has 2 atom stereocenters. The Morgan fingerprint density at radius 1 is 1.06 bits per heavy atom. The highest BCUT2D eigenvalue weighted by Crippen LogP contribution is 2.49. The van der Waals surface area contributed by atoms with Crippen LogP contribution >= 0.6 is 0 Å². The van der Waals surface area contributed by atoms with Crippen LogP contribution < -0.4 is 9.47 Å². The Bertz CT molecular complexity index is 1130. The first-order valence-corrected chi connectivity index (χ1v) is 13.3. The lowest BCUT2D eigenvalue weighted by molar-refractivity contribution is 0.0479. The molecule has 0 saturated heterocycles. The zero-order valence-corrected chi connectivity index (χ0v) is 22.2. The van der Waals surface area contributed by atoms with Gasteiger partial charge in [-0.25, -0.2) is 0 Å². The minimum Gasteiger partial charge on any atom is -0.507 e. The Hall–Kier alpha value is -2.89. The van der Waals surface area contributed by atoms with E-state index >= 15 is 0 Å². The summed E-state index contributed by atoms with van der Waals surface area (Å²) < 4.78 is 12.6. The lowest BCUT2D eigenvalue weighted by atomic mass is 9.83. The summed E-state index contributed by atoms with van der Waals surface area (Å²) in [5.41, 5.74) is 1.85. The van der Waals surface area contributed by atoms with E-state index in [1.807, 2.05) is 0 Å². The summed E-state index contributed by atoms with van der Waals surface area (Å²) in [6.45, 7) is 10.7. The molecule has 3 N–H and O–H groups in total. The van der Waals surface area contributed by atoms with Crippen LogP contribution in [0.15, 0.2) is 18.2 Å². The first-order chi connectivity index (χ1) is 17.0. The predicted octanol–water partition coefficient (Wildman–Crippen LogP) is 7.01. The number of Topliss-reactive ketones (excluding diaryl/α,β-unsaturated/α-hetero) is 1. The normalized spacial score (nSPS) is 21.2. The van der Waals surface area contributed by atoms with Crippen molar-refractivity contribution in [3.8, 4) is 28.7 Å². The van der Waals surface area contributed by atoms with E-state index in [1.165, 1.54) is 6.07 Å². The maximum Gasteiger partial charge on any atom is 0.174 e. The standard InChI is InChI=1S/C30H40O6/c1-17(2)7-6-13-30(5)14-12-20-19(10-11-22(31)29(20)36-30)25-16-24(33)27-26(35-25)15-23(32)21(28(27)34)9-8-18(3)4/h10-11,15,17-18,25,31-32,34H,6-9,12-14,16H2,1-5H3/t25-,30+/m0/s1. The van der Waals surface area contributed by atoms with Gasteiger partial charge in [0.15, 0.2) is 17.3 Å². The summed E-state index contributed by atoms with van der Waals surface area (Å²) in [5.74, 6) is 1.34. The van der Waals surface area contributed by atoms with Gasteiger partial charge in [-0.2, -0.15) is 0 Å². The summed E-state index contributed by atoms with van der Waals surface area (Å²) in [6.07, 6.45) is 5.38. The molecule has 0 aliphatic carbocycles. The lowest BCUT2D eigenvalue weighted by Crippen LogP contribution is -2.37. The average molecular weight is 497 g/mol. The SMILES string of the molecule is CC(C)CCC[C@]1(C)CCc2c([C@@H]3CC(=O)c4c(cc(O)c(CCC(C)C)c4O)O3)ccc(O)c2O1. The summed E-state index contributed by atoms with van der Waals surface area (Å²) in [6, 6.07) is 4.84. The Morgan fingerprint density at radius 2 is 1.78 bits per heavy atom. The number of ether oxygens (including phenoxy) is 2. The second kappa shape index (κ2) is 10.2. The number of phenolic OH excluding ortho intramolecular Hbond substituents is 3. The minimum atomic E-state index is -0.589. The quantitative estimate of drug-likeness (QED) is 0.364. The van der Waals surface area contributed by atoms with E-state index in [1.54, 1.807) is 12.1 Å². The van der Waals surface area contributed by atoms with E-state index in [0.717, 1.165) is 43.2 Å². The number of carbonyl (C=O) groups excluding carboxylic acids is 1. The Morgan fingerprint density at radius 3 is 2.47 bits per heavy atom. The number of benzene rings is 2. The second-order valence-electron chi connectivity index (χ2n) is 11.6. The van der Waals surface area contributed by atoms with Crippen molar-refractivity contribution in [2.75, 3.05) is 0 Å². The van der Waals surface area contributed by atoms with Gasteiger partial charge in [-0.05, 0) is 68.9 Å². The third-order valence-corrected chi connectivity index (χ3v) is 7.60. The van der Waals surface area contributed by atoms with E-state index in [2.05, 4.69) is 34.6 Å². The topological polar surface area (TPSA) is 96.2 Å². The van der Waals surface area contributed by atoms with Gasteiger partial charge in [-0.3, -0.25) is 4.79 Å². The van der Waals surface area contributed by atoms with Crippen molar-refractivity contribution in [3.05, 3.63) is 40.5 Å². The molecule has 2 aromatic rings. The lowest BCUT2D eigenvalue weighted by Gasteiger charge is -2.38. The number of hydrogen-bond acceptors (Lipinski definition) is 6. The summed E-state index contributed by atoms with van der Waals surface area (Å²) in [7, 11) is 0. The molecule has 2 heterocycles. The second-order valence-corrected chi connectivity index (χ2v) is 11.6. The van der Waals surface area contributed by atoms with Crippen molar-refractivity contribution in [2.45, 2.75) is 97.7 Å². The number of hydrogen-bond donors (Lipinski definition) is 3. The van der Waals surface area contributed by atoms with Gasteiger partial charge in [-0.15, -0.1) is 0 Å². The highest BCUT2D eigenvalue weighted by Gasteiger charge is 2.38. The van der Waals surface area contributed by atoms with Gasteiger partial charge in [0.25, 0.3) is 0 Å². The van der Waals surface area contributed by atoms with E-state index in [0.29, 0.717) is 36.0 Å². The number of phenols is 3. The van der Waals surface area contributed by atoms with Crippen molar-refractivity contribution in [1.82, 2.24) is 0 Å². The molecule has 36 heavy (non-hydrogen) atoms. The van der Waals surface area contributed by atoms with Gasteiger partial charge in [0.1, 0.15) is 34.5 Å². The van der Waals surface area contributed by atoms with Crippen LogP contribution in [0.4, 0.5) is 0 Å². The molecule has 0 saturated carbocycles. The highest BCUT2D eigenvalue weighted by atomic mass is 16.5. The summed E-state index contributed by atoms with van der Waals surface area (Å²) in [5, 5.41) is 32.1. The molecule has 4 rings (SSSR count). The molecule has 0 bridgehead atoms. The number of carbonyl (C=O) groups is 1. The van der Waals surface area contributed by atoms with Crippen molar-refractivity contribution in [1.29, 1.82) is 0 Å². The van der Waals surface area contributed by atoms with Crippen molar-refractivity contribution >= 4 is 5.78 Å². The van der Waals surface area contributed by atoms with Crippen LogP contribution in [0.5, 0.6) is 28.7 Å². The molecule has 0 radical (unpaired) electrons. The van der Waals surface area contributed by atoms with Crippen molar-refractivity contribution in [2.24, 2.45) is 11.8 Å². The first kappa shape index (κ1) is 26.2. The fourth-order valence-corrected chi connectivity index (χ4v) is 5.40. The van der Waals surface area contributed by atoms with Gasteiger partial charge in [0.2, 0.25) is 0 Å². The molecule has 196 valence electrons. The van der Waals surface area contributed by atoms with Crippen LogP contribution in [0.1, 0.15) is 106 Å². The number of rotatable bonds is 8. The largest absolute Gasteiger partial charge is 0.507 e. The third kappa shape index (κ3) is 5.28. The molecule has 2 aromatic carbocycles. The van der Waals surface area contributed by atoms with Gasteiger partial charge in [0, 0.05) is 17.2 Å². The molecule has 6 nitrogen and oxygen atoms in total. The summed E-state index contributed by atoms with van der Waals surface area (Å²) in [4.78, 5) is 13.2. The van der Waals surface area contributed by atoms with E-state index < -0.39 is 6.10 Å². The third-order valence-electron chi connectivity index (χ3n) is 7.60. The van der Waals surface area contributed by atoms with Gasteiger partial charge in [0.05, 0.1) is 6.42 Å². The Kier molecular flexibility index (Phi) is 7.44. The van der Waals surface area contributed by atoms with Gasteiger partial charge in [-0.1, -0.05) is 40.2 Å². The molecule has 0 aromatic heterocycles. The fourth-order valence-electron chi connectivity index (χ4n) is 5.40. The molecular formula is C30H40O6. The van der Waals surface area contributed by atoms with Crippen molar-refractivity contribution in [3.63, 3.8) is 0 Å². The number of fused-ring (bicyclic) bond motifs is 2. The minimum absolute atomic E-state index is 0.0615. The van der Waals surface area contributed by atoms with Crippen LogP contribution in [-0.2, 0) is 12.8 Å². The average Bonchev–Trinajstić information content (AvgIpc) is 2.78. The van der Waals surface area contributed by atoms with Crippen LogP contribution in [-0.4, -0.2) is 26.7 Å². The molecule has 0 unspecified atom stereocenters. The maximum absolute atomic E-state index is 13.2. The Balaban J connectivity index is 1.61. The van der Waals surface area contributed by atoms with Gasteiger partial charge >= 0.3 is 0 Å². The Labute approximate surface area is 214 Å². The van der Waals surface area contributed by atoms with E-state index in [4.69, 9.17) is 9.47 Å². The highest BCUT2D eigenvalue weighted by molar-refractivity contribution is 6.03. The van der Waals surface area contributed by atoms with Crippen molar-refractivity contribution < 1.29 is 29.6 Å². The van der Waals surface area contributed by atoms with Crippen LogP contribution in [0.25, 0.3) is 0 Å². The van der Waals surface area contributed by atoms with Crippen LogP contribution in [0, 0.1) is 11.8 Å². The molecule has 0 spiro atoms. The first-order valence-electron chi connectivity index (χ1n) is 13.3. The molecule has 0 fully saturated rings.